The van der Waals surface area contributed by atoms with Crippen molar-refractivity contribution in [3.8, 4) is 11.5 Å². The van der Waals surface area contributed by atoms with Crippen LogP contribution in [0.15, 0.2) is 41.2 Å². The van der Waals surface area contributed by atoms with E-state index >= 15 is 0 Å². The van der Waals surface area contributed by atoms with Crippen LogP contribution in [0.1, 0.15) is 28.3 Å². The number of aromatic amines is 1. The topological polar surface area (TPSA) is 75.8 Å². The highest BCUT2D eigenvalue weighted by molar-refractivity contribution is 7.80. The van der Waals surface area contributed by atoms with E-state index in [0.717, 1.165) is 34.0 Å². The lowest BCUT2D eigenvalue weighted by molar-refractivity contribution is 0.202. The summed E-state index contributed by atoms with van der Waals surface area (Å²) in [6.45, 7) is 3.80. The van der Waals surface area contributed by atoms with Gasteiger partial charge in [0.05, 0.1) is 26.9 Å². The molecular weight excluding hydrogens is 438 g/mol. The molecular formula is C25H29N3O4S. The van der Waals surface area contributed by atoms with Crippen LogP contribution >= 0.6 is 12.2 Å². The third-order valence-electron chi connectivity index (χ3n) is 6.04. The summed E-state index contributed by atoms with van der Waals surface area (Å²) in [5.74, 6) is 1.29. The summed E-state index contributed by atoms with van der Waals surface area (Å²) < 4.78 is 16.3. The van der Waals surface area contributed by atoms with Gasteiger partial charge < -0.3 is 29.4 Å². The molecule has 0 aliphatic carbocycles. The molecule has 1 atom stereocenters. The summed E-state index contributed by atoms with van der Waals surface area (Å²) in [7, 11) is 4.89. The van der Waals surface area contributed by atoms with Crippen LogP contribution in [0, 0.1) is 6.92 Å². The molecule has 7 nitrogen and oxygen atoms in total. The first-order valence-corrected chi connectivity index (χ1v) is 11.3. The van der Waals surface area contributed by atoms with Gasteiger partial charge in [-0.05, 0) is 71.9 Å². The van der Waals surface area contributed by atoms with E-state index in [1.54, 1.807) is 21.3 Å². The van der Waals surface area contributed by atoms with Gasteiger partial charge in [0.1, 0.15) is 0 Å². The summed E-state index contributed by atoms with van der Waals surface area (Å²) in [4.78, 5) is 18.5. The van der Waals surface area contributed by atoms with Crippen molar-refractivity contribution in [1.29, 1.82) is 0 Å². The fourth-order valence-electron chi connectivity index (χ4n) is 4.40. The molecule has 2 aromatic carbocycles. The van der Waals surface area contributed by atoms with Gasteiger partial charge in [0.15, 0.2) is 16.6 Å². The molecule has 174 valence electrons. The van der Waals surface area contributed by atoms with Crippen molar-refractivity contribution in [2.75, 3.05) is 41.0 Å². The standard InChI is InChI=1S/C25H29N3O4S/c1-15-5-6-17-12-19(24(29)27-20(17)11-15)23-18-14-22(32-4)21(31-3)13-16(18)7-9-28(23)25(33)26-8-10-30-2/h5-6,11-14,23H,7-10H2,1-4H3,(H,26,33)(H,27,29)/t23-/m1/s1. The summed E-state index contributed by atoms with van der Waals surface area (Å²) in [6.07, 6.45) is 0.767. The summed E-state index contributed by atoms with van der Waals surface area (Å²) in [5.41, 5.74) is 4.50. The SMILES string of the molecule is COCCNC(=S)N1CCc2cc(OC)c(OC)cc2[C@@H]1c1cc2ccc(C)cc2[nH]c1=O. The number of thiocarbonyl (C=S) groups is 1. The van der Waals surface area contributed by atoms with Crippen LogP contribution in [0.5, 0.6) is 11.5 Å². The lowest BCUT2D eigenvalue weighted by Gasteiger charge is -2.39. The first-order valence-electron chi connectivity index (χ1n) is 10.9. The van der Waals surface area contributed by atoms with Gasteiger partial charge in [-0.2, -0.15) is 0 Å². The van der Waals surface area contributed by atoms with E-state index in [1.165, 1.54) is 0 Å². The smallest absolute Gasteiger partial charge is 0.254 e. The van der Waals surface area contributed by atoms with E-state index in [1.807, 2.05) is 43.3 Å². The molecule has 2 N–H and O–H groups in total. The molecule has 4 rings (SSSR count). The largest absolute Gasteiger partial charge is 0.493 e. The van der Waals surface area contributed by atoms with Crippen LogP contribution in [0.25, 0.3) is 10.9 Å². The maximum atomic E-state index is 13.3. The predicted molar refractivity (Wildman–Crippen MR) is 134 cm³/mol. The molecule has 3 aromatic rings. The minimum absolute atomic E-state index is 0.134. The minimum atomic E-state index is -0.370. The number of pyridine rings is 1. The molecule has 0 saturated heterocycles. The molecule has 1 aliphatic rings. The Morgan fingerprint density at radius 1 is 1.12 bits per heavy atom. The number of H-pyrrole nitrogens is 1. The van der Waals surface area contributed by atoms with E-state index < -0.39 is 0 Å². The number of hydrogen-bond acceptors (Lipinski definition) is 5. The van der Waals surface area contributed by atoms with Crippen LogP contribution in [-0.4, -0.2) is 56.0 Å². The molecule has 0 spiro atoms. The van der Waals surface area contributed by atoms with Gasteiger partial charge in [-0.25, -0.2) is 0 Å². The number of methoxy groups -OCH3 is 3. The second kappa shape index (κ2) is 9.80. The number of hydrogen-bond donors (Lipinski definition) is 2. The second-order valence-electron chi connectivity index (χ2n) is 8.12. The monoisotopic (exact) mass is 467 g/mol. The lowest BCUT2D eigenvalue weighted by atomic mass is 9.88. The highest BCUT2D eigenvalue weighted by Crippen LogP contribution is 2.40. The fraction of sp³-hybridized carbons (Fsp3) is 0.360. The third kappa shape index (κ3) is 4.54. The molecule has 1 aliphatic heterocycles. The number of nitrogens with one attached hydrogen (secondary N) is 2. The lowest BCUT2D eigenvalue weighted by Crippen LogP contribution is -2.47. The average molecular weight is 468 g/mol. The van der Waals surface area contributed by atoms with E-state index in [2.05, 4.69) is 15.2 Å². The quantitative estimate of drug-likeness (QED) is 0.425. The molecule has 0 bridgehead atoms. The maximum absolute atomic E-state index is 13.3. The van der Waals surface area contributed by atoms with Crippen LogP contribution in [0.2, 0.25) is 0 Å². The van der Waals surface area contributed by atoms with Crippen LogP contribution in [0.4, 0.5) is 0 Å². The van der Waals surface area contributed by atoms with E-state index in [9.17, 15) is 4.79 Å². The number of benzene rings is 2. The molecule has 0 saturated carbocycles. The Kier molecular flexibility index (Phi) is 6.85. The Labute approximate surface area is 198 Å². The molecule has 0 fully saturated rings. The molecule has 2 heterocycles. The number of rotatable bonds is 6. The highest BCUT2D eigenvalue weighted by atomic mass is 32.1. The molecule has 33 heavy (non-hydrogen) atoms. The van der Waals surface area contributed by atoms with Crippen molar-refractivity contribution >= 4 is 28.2 Å². The van der Waals surface area contributed by atoms with Crippen LogP contribution in [0.3, 0.4) is 0 Å². The van der Waals surface area contributed by atoms with Crippen molar-refractivity contribution in [1.82, 2.24) is 15.2 Å². The molecule has 8 heteroatoms. The first kappa shape index (κ1) is 23.1. The Morgan fingerprint density at radius 2 is 1.88 bits per heavy atom. The van der Waals surface area contributed by atoms with E-state index in [4.69, 9.17) is 26.4 Å². The maximum Gasteiger partial charge on any atom is 0.254 e. The van der Waals surface area contributed by atoms with Crippen LogP contribution < -0.4 is 20.3 Å². The summed E-state index contributed by atoms with van der Waals surface area (Å²) in [5, 5.41) is 4.82. The normalized spacial score (nSPS) is 15.3. The first-order chi connectivity index (χ1) is 16.0. The Morgan fingerprint density at radius 3 is 2.61 bits per heavy atom. The Balaban J connectivity index is 1.87. The Hall–Kier alpha value is -3.10. The molecule has 0 unspecified atom stereocenters. The average Bonchev–Trinajstić information content (AvgIpc) is 2.82. The minimum Gasteiger partial charge on any atom is -0.493 e. The number of fused-ring (bicyclic) bond motifs is 2. The van der Waals surface area contributed by atoms with Gasteiger partial charge in [0.2, 0.25) is 0 Å². The van der Waals surface area contributed by atoms with Crippen molar-refractivity contribution in [3.05, 3.63) is 69.0 Å². The zero-order chi connectivity index (χ0) is 23.5. The predicted octanol–water partition coefficient (Wildman–Crippen LogP) is 3.32. The number of aryl methyl sites for hydroxylation is 1. The van der Waals surface area contributed by atoms with Crippen molar-refractivity contribution < 1.29 is 14.2 Å². The van der Waals surface area contributed by atoms with Crippen molar-refractivity contribution in [2.45, 2.75) is 19.4 Å². The Bertz CT molecular complexity index is 1240. The summed E-state index contributed by atoms with van der Waals surface area (Å²) >= 11 is 5.75. The van der Waals surface area contributed by atoms with Gasteiger partial charge in [0.25, 0.3) is 5.56 Å². The highest BCUT2D eigenvalue weighted by Gasteiger charge is 2.33. The number of nitrogens with zero attached hydrogens (tertiary/aromatic N) is 1. The van der Waals surface area contributed by atoms with Crippen molar-refractivity contribution in [2.24, 2.45) is 0 Å². The van der Waals surface area contributed by atoms with Gasteiger partial charge in [-0.15, -0.1) is 0 Å². The van der Waals surface area contributed by atoms with Gasteiger partial charge in [-0.3, -0.25) is 4.79 Å². The number of ether oxygens (including phenoxy) is 3. The summed E-state index contributed by atoms with van der Waals surface area (Å²) in [6, 6.07) is 11.6. The zero-order valence-corrected chi connectivity index (χ0v) is 20.2. The fourth-order valence-corrected chi connectivity index (χ4v) is 4.70. The zero-order valence-electron chi connectivity index (χ0n) is 19.4. The van der Waals surface area contributed by atoms with Crippen LogP contribution in [-0.2, 0) is 11.2 Å². The second-order valence-corrected chi connectivity index (χ2v) is 8.51. The molecule has 1 aromatic heterocycles. The third-order valence-corrected chi connectivity index (χ3v) is 6.42. The number of aromatic nitrogens is 1. The van der Waals surface area contributed by atoms with Gasteiger partial charge in [-0.1, -0.05) is 12.1 Å². The van der Waals surface area contributed by atoms with E-state index in [0.29, 0.717) is 41.9 Å². The van der Waals surface area contributed by atoms with E-state index in [-0.39, 0.29) is 11.6 Å². The molecule has 0 amide bonds. The van der Waals surface area contributed by atoms with Gasteiger partial charge >= 0.3 is 0 Å². The van der Waals surface area contributed by atoms with Gasteiger partial charge in [0, 0.05) is 31.3 Å². The molecule has 0 radical (unpaired) electrons. The van der Waals surface area contributed by atoms with Crippen molar-refractivity contribution in [3.63, 3.8) is 0 Å².